The largest absolute Gasteiger partial charge is 0.304 e. The lowest BCUT2D eigenvalue weighted by molar-refractivity contribution is 0.153. The highest BCUT2D eigenvalue weighted by molar-refractivity contribution is 7.88. The average Bonchev–Trinajstić information content (AvgIpc) is 2.48. The van der Waals surface area contributed by atoms with Crippen LogP contribution in [-0.4, -0.2) is 64.5 Å². The van der Waals surface area contributed by atoms with E-state index in [1.807, 2.05) is 0 Å². The molecule has 7 heteroatoms. The quantitative estimate of drug-likeness (QED) is 0.759. The monoisotopic (exact) mass is 345 g/mol. The number of hydrogen-bond donors (Lipinski definition) is 1. The predicted octanol–water partition coefficient (Wildman–Crippen LogP) is 1.40. The molecule has 1 saturated heterocycles. The van der Waals surface area contributed by atoms with Crippen LogP contribution in [-0.2, 0) is 15.8 Å². The Morgan fingerprint density at radius 3 is 2.55 bits per heavy atom. The Bertz CT molecular complexity index is 572. The van der Waals surface area contributed by atoms with E-state index in [0.29, 0.717) is 17.1 Å². The van der Waals surface area contributed by atoms with Crippen LogP contribution in [0.5, 0.6) is 0 Å². The minimum atomic E-state index is -3.33. The van der Waals surface area contributed by atoms with Gasteiger partial charge in [-0.15, -0.1) is 0 Å². The summed E-state index contributed by atoms with van der Waals surface area (Å²) in [5.41, 5.74) is 0.635. The fourth-order valence-corrected chi connectivity index (χ4v) is 3.97. The van der Waals surface area contributed by atoms with Crippen LogP contribution in [0.25, 0.3) is 0 Å². The van der Waals surface area contributed by atoms with E-state index in [4.69, 9.17) is 11.6 Å². The maximum Gasteiger partial charge on any atom is 0.215 e. The normalized spacial score (nSPS) is 17.7. The first-order chi connectivity index (χ1) is 10.5. The second kappa shape index (κ2) is 8.26. The zero-order valence-corrected chi connectivity index (χ0v) is 14.5. The maximum absolute atomic E-state index is 12.1. The molecule has 1 aliphatic rings. The maximum atomic E-state index is 12.1. The molecule has 2 rings (SSSR count). The lowest BCUT2D eigenvalue weighted by atomic mass is 10.2. The second-order valence-corrected chi connectivity index (χ2v) is 7.96. The lowest BCUT2D eigenvalue weighted by Crippen LogP contribution is -2.45. The van der Waals surface area contributed by atoms with Crippen LogP contribution in [0.1, 0.15) is 12.0 Å². The van der Waals surface area contributed by atoms with E-state index < -0.39 is 10.0 Å². The molecule has 0 unspecified atom stereocenters. The molecule has 0 radical (unpaired) electrons. The topological polar surface area (TPSA) is 52.6 Å². The van der Waals surface area contributed by atoms with Crippen molar-refractivity contribution in [3.63, 3.8) is 0 Å². The SMILES string of the molecule is CN1CCN(CCCNS(=O)(=O)Cc2ccccc2Cl)CC1. The molecule has 124 valence electrons. The summed E-state index contributed by atoms with van der Waals surface area (Å²) in [6.45, 7) is 5.68. The van der Waals surface area contributed by atoms with Gasteiger partial charge in [0.05, 0.1) is 5.75 Å². The molecule has 1 heterocycles. The number of likely N-dealkylation sites (N-methyl/N-ethyl adjacent to an activating group) is 1. The minimum absolute atomic E-state index is 0.0683. The highest BCUT2D eigenvalue weighted by Crippen LogP contribution is 2.17. The van der Waals surface area contributed by atoms with Crippen LogP contribution in [0.3, 0.4) is 0 Å². The number of nitrogens with zero attached hydrogens (tertiary/aromatic N) is 2. The molecule has 0 aromatic heterocycles. The number of hydrogen-bond acceptors (Lipinski definition) is 4. The Morgan fingerprint density at radius 2 is 1.86 bits per heavy atom. The molecule has 0 bridgehead atoms. The minimum Gasteiger partial charge on any atom is -0.304 e. The second-order valence-electron chi connectivity index (χ2n) is 5.74. The number of piperazine rings is 1. The third kappa shape index (κ3) is 5.85. The number of sulfonamides is 1. The molecule has 1 aromatic rings. The van der Waals surface area contributed by atoms with Gasteiger partial charge in [-0.2, -0.15) is 0 Å². The van der Waals surface area contributed by atoms with Gasteiger partial charge in [0.2, 0.25) is 10.0 Å². The van der Waals surface area contributed by atoms with Gasteiger partial charge >= 0.3 is 0 Å². The van der Waals surface area contributed by atoms with Crippen molar-refractivity contribution in [1.29, 1.82) is 0 Å². The van der Waals surface area contributed by atoms with E-state index in [1.54, 1.807) is 24.3 Å². The van der Waals surface area contributed by atoms with Crippen molar-refractivity contribution in [3.8, 4) is 0 Å². The van der Waals surface area contributed by atoms with Crippen LogP contribution >= 0.6 is 11.6 Å². The van der Waals surface area contributed by atoms with Gasteiger partial charge in [-0.1, -0.05) is 29.8 Å². The highest BCUT2D eigenvalue weighted by atomic mass is 35.5. The highest BCUT2D eigenvalue weighted by Gasteiger charge is 2.15. The van der Waals surface area contributed by atoms with Crippen LogP contribution in [0.2, 0.25) is 5.02 Å². The van der Waals surface area contributed by atoms with Gasteiger partial charge < -0.3 is 9.80 Å². The van der Waals surface area contributed by atoms with Gasteiger partial charge in [-0.3, -0.25) is 0 Å². The Labute approximate surface area is 138 Å². The van der Waals surface area contributed by atoms with Crippen molar-refractivity contribution >= 4 is 21.6 Å². The van der Waals surface area contributed by atoms with E-state index >= 15 is 0 Å². The zero-order chi connectivity index (χ0) is 16.0. The van der Waals surface area contributed by atoms with Crippen LogP contribution < -0.4 is 4.72 Å². The summed E-state index contributed by atoms with van der Waals surface area (Å²) in [7, 11) is -1.20. The van der Waals surface area contributed by atoms with Crippen molar-refractivity contribution in [2.45, 2.75) is 12.2 Å². The first kappa shape index (κ1) is 17.7. The van der Waals surface area contributed by atoms with Crippen LogP contribution in [0.15, 0.2) is 24.3 Å². The Balaban J connectivity index is 1.70. The molecule has 0 spiro atoms. The first-order valence-corrected chi connectivity index (χ1v) is 9.61. The average molecular weight is 346 g/mol. The van der Waals surface area contributed by atoms with E-state index in [-0.39, 0.29) is 5.75 Å². The molecular weight excluding hydrogens is 322 g/mol. The van der Waals surface area contributed by atoms with Crippen LogP contribution in [0.4, 0.5) is 0 Å². The molecule has 1 aromatic carbocycles. The zero-order valence-electron chi connectivity index (χ0n) is 13.0. The molecule has 0 aliphatic carbocycles. The molecular formula is C15H24ClN3O2S. The molecule has 1 fully saturated rings. The molecule has 0 amide bonds. The van der Waals surface area contributed by atoms with E-state index in [2.05, 4.69) is 21.6 Å². The van der Waals surface area contributed by atoms with Gasteiger partial charge in [-0.05, 0) is 31.6 Å². The summed E-state index contributed by atoms with van der Waals surface area (Å²) in [5.74, 6) is -0.0683. The fraction of sp³-hybridized carbons (Fsp3) is 0.600. The molecule has 22 heavy (non-hydrogen) atoms. The summed E-state index contributed by atoms with van der Waals surface area (Å²) in [5, 5.41) is 0.491. The van der Waals surface area contributed by atoms with E-state index in [9.17, 15) is 8.42 Å². The van der Waals surface area contributed by atoms with Gasteiger partial charge in [0, 0.05) is 37.7 Å². The number of benzene rings is 1. The molecule has 1 aliphatic heterocycles. The van der Waals surface area contributed by atoms with Gasteiger partial charge in [0.25, 0.3) is 0 Å². The molecule has 5 nitrogen and oxygen atoms in total. The molecule has 0 saturated carbocycles. The number of halogens is 1. The van der Waals surface area contributed by atoms with E-state index in [0.717, 1.165) is 39.1 Å². The van der Waals surface area contributed by atoms with Crippen LogP contribution in [0, 0.1) is 0 Å². The lowest BCUT2D eigenvalue weighted by Gasteiger charge is -2.32. The first-order valence-electron chi connectivity index (χ1n) is 7.58. The molecule has 0 atom stereocenters. The van der Waals surface area contributed by atoms with E-state index in [1.165, 1.54) is 0 Å². The summed E-state index contributed by atoms with van der Waals surface area (Å²) in [6.07, 6.45) is 0.825. The van der Waals surface area contributed by atoms with Gasteiger partial charge in [0.15, 0.2) is 0 Å². The van der Waals surface area contributed by atoms with Crippen molar-refractivity contribution in [2.24, 2.45) is 0 Å². The summed E-state index contributed by atoms with van der Waals surface area (Å²) in [6, 6.07) is 7.04. The number of nitrogens with one attached hydrogen (secondary N) is 1. The van der Waals surface area contributed by atoms with Gasteiger partial charge in [0.1, 0.15) is 0 Å². The Morgan fingerprint density at radius 1 is 1.18 bits per heavy atom. The third-order valence-corrected chi connectivity index (χ3v) is 5.58. The predicted molar refractivity (Wildman–Crippen MR) is 90.6 cm³/mol. The summed E-state index contributed by atoms with van der Waals surface area (Å²) >= 11 is 6.00. The Kier molecular flexibility index (Phi) is 6.65. The fourth-order valence-electron chi connectivity index (χ4n) is 2.47. The number of rotatable bonds is 7. The van der Waals surface area contributed by atoms with Gasteiger partial charge in [-0.25, -0.2) is 13.1 Å². The van der Waals surface area contributed by atoms with Crippen molar-refractivity contribution in [3.05, 3.63) is 34.9 Å². The standard InChI is InChI=1S/C15H24ClN3O2S/c1-18-9-11-19(12-10-18)8-4-7-17-22(20,21)13-14-5-2-3-6-15(14)16/h2-3,5-6,17H,4,7-13H2,1H3. The third-order valence-electron chi connectivity index (χ3n) is 3.87. The smallest absolute Gasteiger partial charge is 0.215 e. The summed E-state index contributed by atoms with van der Waals surface area (Å²) < 4.78 is 26.8. The van der Waals surface area contributed by atoms with Crippen molar-refractivity contribution in [1.82, 2.24) is 14.5 Å². The molecule has 1 N–H and O–H groups in total. The Hall–Kier alpha value is -0.660. The van der Waals surface area contributed by atoms with Crippen molar-refractivity contribution in [2.75, 3.05) is 46.3 Å². The van der Waals surface area contributed by atoms with Crippen molar-refractivity contribution < 1.29 is 8.42 Å². The summed E-state index contributed by atoms with van der Waals surface area (Å²) in [4.78, 5) is 4.69.